The number of benzene rings is 2. The summed E-state index contributed by atoms with van der Waals surface area (Å²) in [6.07, 6.45) is -1.68. The van der Waals surface area contributed by atoms with Crippen LogP contribution in [0, 0.1) is 11.6 Å². The monoisotopic (exact) mass is 425 g/mol. The van der Waals surface area contributed by atoms with Crippen LogP contribution < -0.4 is 9.91 Å². The zero-order valence-corrected chi connectivity index (χ0v) is 15.1. The van der Waals surface area contributed by atoms with E-state index in [1.54, 1.807) is 31.2 Å². The van der Waals surface area contributed by atoms with E-state index in [0.717, 1.165) is 11.1 Å². The summed E-state index contributed by atoms with van der Waals surface area (Å²) < 4.78 is 27.4. The van der Waals surface area contributed by atoms with Gasteiger partial charge in [-0.15, -0.1) is 5.01 Å². The highest BCUT2D eigenvalue weighted by atomic mass is 79.9. The number of urea groups is 1. The number of carbonyl (C=O) groups is 1. The summed E-state index contributed by atoms with van der Waals surface area (Å²) in [4.78, 5) is 14.1. The number of amides is 2. The molecule has 3 rings (SSSR count). The first-order valence-electron chi connectivity index (χ1n) is 7.63. The van der Waals surface area contributed by atoms with Crippen LogP contribution in [0.2, 0.25) is 0 Å². The molecule has 1 atom stereocenters. The third-order valence-electron chi connectivity index (χ3n) is 3.69. The van der Waals surface area contributed by atoms with Gasteiger partial charge in [0, 0.05) is 22.8 Å². The van der Waals surface area contributed by atoms with Gasteiger partial charge >= 0.3 is 6.03 Å². The minimum absolute atomic E-state index is 0.0257. The third kappa shape index (κ3) is 3.25. The molecule has 0 saturated carbocycles. The second-order valence-electron chi connectivity index (χ2n) is 5.29. The molecule has 2 aromatic carbocycles. The topological polar surface area (TPSA) is 71.7 Å². The minimum atomic E-state index is -1.68. The SMILES string of the molecule is CCN(C(=O)N1N=NN(c2c(F)cc(F)cc2Br)C1O)c1ccccc1. The quantitative estimate of drug-likeness (QED) is 0.805. The lowest BCUT2D eigenvalue weighted by Gasteiger charge is -2.28. The van der Waals surface area contributed by atoms with Crippen LogP contribution in [0.5, 0.6) is 0 Å². The normalized spacial score (nSPS) is 16.3. The van der Waals surface area contributed by atoms with Crippen molar-refractivity contribution in [2.45, 2.75) is 13.3 Å². The van der Waals surface area contributed by atoms with E-state index in [4.69, 9.17) is 0 Å². The van der Waals surface area contributed by atoms with E-state index in [-0.39, 0.29) is 10.2 Å². The highest BCUT2D eigenvalue weighted by molar-refractivity contribution is 9.10. The minimum Gasteiger partial charge on any atom is -0.353 e. The van der Waals surface area contributed by atoms with Gasteiger partial charge in [0.05, 0.1) is 0 Å². The molecule has 26 heavy (non-hydrogen) atoms. The van der Waals surface area contributed by atoms with Crippen LogP contribution in [-0.4, -0.2) is 29.0 Å². The van der Waals surface area contributed by atoms with E-state index < -0.39 is 24.0 Å². The van der Waals surface area contributed by atoms with Gasteiger partial charge in [-0.2, -0.15) is 5.01 Å². The maximum Gasteiger partial charge on any atom is 0.350 e. The van der Waals surface area contributed by atoms with Crippen LogP contribution in [0.15, 0.2) is 57.4 Å². The average molecular weight is 426 g/mol. The van der Waals surface area contributed by atoms with Crippen molar-refractivity contribution in [1.82, 2.24) is 5.01 Å². The van der Waals surface area contributed by atoms with Crippen molar-refractivity contribution in [3.63, 3.8) is 0 Å². The first kappa shape index (κ1) is 18.2. The number of nitrogens with zero attached hydrogens (tertiary/aromatic N) is 5. The number of para-hydroxylation sites is 1. The summed E-state index contributed by atoms with van der Waals surface area (Å²) in [6.45, 7) is 2.08. The summed E-state index contributed by atoms with van der Waals surface area (Å²) in [7, 11) is 0. The Labute approximate surface area is 156 Å². The molecular formula is C16H14BrF2N5O2. The molecule has 0 radical (unpaired) electrons. The Kier molecular flexibility index (Phi) is 5.14. The smallest absolute Gasteiger partial charge is 0.350 e. The van der Waals surface area contributed by atoms with E-state index in [1.807, 2.05) is 6.07 Å². The molecule has 0 spiro atoms. The van der Waals surface area contributed by atoms with Crippen LogP contribution in [-0.2, 0) is 0 Å². The predicted octanol–water partition coefficient (Wildman–Crippen LogP) is 4.05. The Hall–Kier alpha value is -2.59. The third-order valence-corrected chi connectivity index (χ3v) is 4.30. The van der Waals surface area contributed by atoms with Gasteiger partial charge in [-0.1, -0.05) is 18.2 Å². The Balaban J connectivity index is 1.87. The lowest BCUT2D eigenvalue weighted by molar-refractivity contribution is 0.0535. The van der Waals surface area contributed by atoms with Crippen molar-refractivity contribution in [3.8, 4) is 0 Å². The second kappa shape index (κ2) is 7.34. The van der Waals surface area contributed by atoms with Crippen molar-refractivity contribution in [2.75, 3.05) is 16.5 Å². The molecule has 1 heterocycles. The maximum absolute atomic E-state index is 14.1. The molecule has 0 bridgehead atoms. The lowest BCUT2D eigenvalue weighted by atomic mass is 10.3. The van der Waals surface area contributed by atoms with Gasteiger partial charge in [0.15, 0.2) is 5.82 Å². The fourth-order valence-electron chi connectivity index (χ4n) is 2.49. The fraction of sp³-hybridized carbons (Fsp3) is 0.188. The van der Waals surface area contributed by atoms with Gasteiger partial charge < -0.3 is 5.11 Å². The van der Waals surface area contributed by atoms with Crippen LogP contribution in [0.3, 0.4) is 0 Å². The molecule has 2 aromatic rings. The molecule has 136 valence electrons. The standard InChI is InChI=1S/C16H14BrF2N5O2/c1-2-22(11-6-4-3-5-7-11)15(25)24-16(26)23(20-21-24)14-12(17)8-10(18)9-13(14)19/h3-9,16,26H,2H2,1H3. The number of hydrogen-bond acceptors (Lipinski definition) is 5. The van der Waals surface area contributed by atoms with Crippen molar-refractivity contribution < 1.29 is 18.7 Å². The Morgan fingerprint density at radius 2 is 1.96 bits per heavy atom. The Morgan fingerprint density at radius 1 is 1.27 bits per heavy atom. The maximum atomic E-state index is 14.1. The molecule has 1 aliphatic heterocycles. The lowest BCUT2D eigenvalue weighted by Crippen LogP contribution is -2.48. The van der Waals surface area contributed by atoms with Crippen molar-refractivity contribution in [3.05, 3.63) is 58.6 Å². The fourth-order valence-corrected chi connectivity index (χ4v) is 3.08. The van der Waals surface area contributed by atoms with Gasteiger partial charge in [-0.3, -0.25) is 4.90 Å². The van der Waals surface area contributed by atoms with Gasteiger partial charge in [0.2, 0.25) is 0 Å². The van der Waals surface area contributed by atoms with Gasteiger partial charge in [0.25, 0.3) is 6.35 Å². The summed E-state index contributed by atoms with van der Waals surface area (Å²) >= 11 is 3.02. The number of halogens is 3. The number of carbonyl (C=O) groups excluding carboxylic acids is 1. The predicted molar refractivity (Wildman–Crippen MR) is 94.1 cm³/mol. The summed E-state index contributed by atoms with van der Waals surface area (Å²) in [6, 6.07) is 9.83. The number of aliphatic hydroxyl groups is 1. The average Bonchev–Trinajstić information content (AvgIpc) is 2.97. The first-order chi connectivity index (χ1) is 12.4. The molecular weight excluding hydrogens is 412 g/mol. The highest BCUT2D eigenvalue weighted by Gasteiger charge is 2.38. The Bertz CT molecular complexity index is 829. The molecule has 7 nitrogen and oxygen atoms in total. The van der Waals surface area contributed by atoms with Crippen molar-refractivity contribution in [1.29, 1.82) is 0 Å². The first-order valence-corrected chi connectivity index (χ1v) is 8.42. The van der Waals surface area contributed by atoms with Crippen molar-refractivity contribution >= 4 is 33.3 Å². The molecule has 0 aliphatic carbocycles. The summed E-state index contributed by atoms with van der Waals surface area (Å²) in [5.74, 6) is -1.75. The number of rotatable bonds is 3. The zero-order chi connectivity index (χ0) is 18.8. The van der Waals surface area contributed by atoms with Gasteiger partial charge in [0.1, 0.15) is 11.5 Å². The number of anilines is 2. The summed E-state index contributed by atoms with van der Waals surface area (Å²) in [5, 5.41) is 19.2. The molecule has 2 amide bonds. The van der Waals surface area contributed by atoms with E-state index in [2.05, 4.69) is 26.4 Å². The molecule has 0 saturated heterocycles. The van der Waals surface area contributed by atoms with E-state index in [1.165, 1.54) is 4.90 Å². The summed E-state index contributed by atoms with van der Waals surface area (Å²) in [5.41, 5.74) is 0.371. The molecule has 10 heteroatoms. The largest absolute Gasteiger partial charge is 0.353 e. The molecule has 1 aliphatic rings. The molecule has 0 aromatic heterocycles. The van der Waals surface area contributed by atoms with Crippen LogP contribution in [0.25, 0.3) is 0 Å². The van der Waals surface area contributed by atoms with Crippen LogP contribution in [0.1, 0.15) is 6.92 Å². The Morgan fingerprint density at radius 3 is 2.58 bits per heavy atom. The molecule has 0 fully saturated rings. The molecule has 1 N–H and O–H groups in total. The number of aliphatic hydroxyl groups excluding tert-OH is 1. The van der Waals surface area contributed by atoms with Crippen LogP contribution >= 0.6 is 15.9 Å². The number of hydrogen-bond donors (Lipinski definition) is 1. The van der Waals surface area contributed by atoms with E-state index >= 15 is 0 Å². The molecule has 1 unspecified atom stereocenters. The second-order valence-corrected chi connectivity index (χ2v) is 6.15. The van der Waals surface area contributed by atoms with E-state index in [0.29, 0.717) is 23.3 Å². The van der Waals surface area contributed by atoms with Crippen molar-refractivity contribution in [2.24, 2.45) is 10.4 Å². The van der Waals surface area contributed by atoms with Gasteiger partial charge in [-0.05, 0) is 51.5 Å². The van der Waals surface area contributed by atoms with Gasteiger partial charge in [-0.25, -0.2) is 13.6 Å². The van der Waals surface area contributed by atoms with E-state index in [9.17, 15) is 18.7 Å². The highest BCUT2D eigenvalue weighted by Crippen LogP contribution is 2.35. The van der Waals surface area contributed by atoms with Crippen LogP contribution in [0.4, 0.5) is 25.0 Å². The zero-order valence-electron chi connectivity index (χ0n) is 13.6.